The van der Waals surface area contributed by atoms with Crippen molar-refractivity contribution >= 4 is 6.03 Å². The fourth-order valence-corrected chi connectivity index (χ4v) is 1.87. The standard InChI is InChI=1S/C9H9N3O2/c13-9-11-6-1-2-7(12(9)5-6)8-10-3-4-14-8/h1-4,6-7H,5H2,(H,11,13). The summed E-state index contributed by atoms with van der Waals surface area (Å²) in [6.45, 7) is 0.697. The van der Waals surface area contributed by atoms with Gasteiger partial charge in [0.1, 0.15) is 12.3 Å². The zero-order valence-electron chi connectivity index (χ0n) is 7.38. The van der Waals surface area contributed by atoms with Gasteiger partial charge in [-0.3, -0.25) is 0 Å². The van der Waals surface area contributed by atoms with Gasteiger partial charge in [0.25, 0.3) is 0 Å². The van der Waals surface area contributed by atoms with Gasteiger partial charge in [-0.15, -0.1) is 0 Å². The van der Waals surface area contributed by atoms with E-state index in [9.17, 15) is 4.79 Å². The van der Waals surface area contributed by atoms with Crippen LogP contribution in [0, 0.1) is 0 Å². The first-order valence-electron chi connectivity index (χ1n) is 4.49. The van der Waals surface area contributed by atoms with Crippen LogP contribution < -0.4 is 5.32 Å². The fourth-order valence-electron chi connectivity index (χ4n) is 1.87. The second kappa shape index (κ2) is 2.60. The van der Waals surface area contributed by atoms with Crippen molar-refractivity contribution in [2.75, 3.05) is 6.54 Å². The Morgan fingerprint density at radius 3 is 3.29 bits per heavy atom. The van der Waals surface area contributed by atoms with Crippen LogP contribution in [0.15, 0.2) is 29.0 Å². The Morgan fingerprint density at radius 2 is 2.50 bits per heavy atom. The molecule has 2 bridgehead atoms. The van der Waals surface area contributed by atoms with Crippen molar-refractivity contribution < 1.29 is 9.21 Å². The summed E-state index contributed by atoms with van der Waals surface area (Å²) >= 11 is 0. The second-order valence-electron chi connectivity index (χ2n) is 3.41. The number of nitrogens with zero attached hydrogens (tertiary/aromatic N) is 2. The monoisotopic (exact) mass is 191 g/mol. The topological polar surface area (TPSA) is 58.4 Å². The summed E-state index contributed by atoms with van der Waals surface area (Å²) in [5, 5.41) is 2.84. The van der Waals surface area contributed by atoms with E-state index in [1.807, 2.05) is 12.2 Å². The Labute approximate surface area is 80.4 Å². The highest BCUT2D eigenvalue weighted by Gasteiger charge is 2.37. The third-order valence-electron chi connectivity index (χ3n) is 2.53. The number of oxazole rings is 1. The molecule has 1 saturated heterocycles. The molecule has 3 heterocycles. The minimum Gasteiger partial charge on any atom is -0.446 e. The largest absolute Gasteiger partial charge is 0.446 e. The van der Waals surface area contributed by atoms with E-state index in [4.69, 9.17) is 4.42 Å². The molecule has 2 amide bonds. The molecule has 2 aliphatic rings. The molecular weight excluding hydrogens is 182 g/mol. The van der Waals surface area contributed by atoms with Gasteiger partial charge in [-0.05, 0) is 0 Å². The Bertz CT molecular complexity index is 385. The van der Waals surface area contributed by atoms with Gasteiger partial charge in [-0.25, -0.2) is 9.78 Å². The van der Waals surface area contributed by atoms with Crippen molar-refractivity contribution in [3.8, 4) is 0 Å². The van der Waals surface area contributed by atoms with Crippen LogP contribution in [-0.2, 0) is 0 Å². The molecule has 2 aliphatic heterocycles. The number of fused-ring (bicyclic) bond motifs is 2. The van der Waals surface area contributed by atoms with Crippen LogP contribution in [0.5, 0.6) is 0 Å². The van der Waals surface area contributed by atoms with Gasteiger partial charge in [0.15, 0.2) is 0 Å². The summed E-state index contributed by atoms with van der Waals surface area (Å²) in [7, 11) is 0. The molecule has 0 aliphatic carbocycles. The van der Waals surface area contributed by atoms with Gasteiger partial charge in [-0.1, -0.05) is 12.2 Å². The van der Waals surface area contributed by atoms with E-state index in [1.54, 1.807) is 11.1 Å². The molecule has 1 fully saturated rings. The first kappa shape index (κ1) is 7.61. The van der Waals surface area contributed by atoms with Gasteiger partial charge in [-0.2, -0.15) is 0 Å². The van der Waals surface area contributed by atoms with Crippen molar-refractivity contribution in [1.29, 1.82) is 0 Å². The van der Waals surface area contributed by atoms with Crippen LogP contribution in [0.1, 0.15) is 11.9 Å². The quantitative estimate of drug-likeness (QED) is 0.664. The number of aromatic nitrogens is 1. The molecule has 5 nitrogen and oxygen atoms in total. The average Bonchev–Trinajstić information content (AvgIpc) is 2.78. The molecule has 1 N–H and O–H groups in total. The molecule has 2 atom stereocenters. The van der Waals surface area contributed by atoms with Crippen molar-refractivity contribution in [2.45, 2.75) is 12.1 Å². The van der Waals surface area contributed by atoms with E-state index >= 15 is 0 Å². The molecule has 5 heteroatoms. The van der Waals surface area contributed by atoms with E-state index < -0.39 is 0 Å². The first-order valence-corrected chi connectivity index (χ1v) is 4.49. The lowest BCUT2D eigenvalue weighted by Crippen LogP contribution is -2.31. The normalized spacial score (nSPS) is 29.4. The molecule has 1 aromatic rings. The highest BCUT2D eigenvalue weighted by atomic mass is 16.3. The third-order valence-corrected chi connectivity index (χ3v) is 2.53. The summed E-state index contributed by atoms with van der Waals surface area (Å²) < 4.78 is 5.19. The Morgan fingerprint density at radius 1 is 1.57 bits per heavy atom. The van der Waals surface area contributed by atoms with Crippen molar-refractivity contribution in [2.24, 2.45) is 0 Å². The number of amides is 2. The second-order valence-corrected chi connectivity index (χ2v) is 3.41. The van der Waals surface area contributed by atoms with Gasteiger partial charge in [0.2, 0.25) is 5.89 Å². The lowest BCUT2D eigenvalue weighted by atomic mass is 10.1. The summed E-state index contributed by atoms with van der Waals surface area (Å²) in [6.07, 6.45) is 7.03. The van der Waals surface area contributed by atoms with Crippen LogP contribution in [-0.4, -0.2) is 28.5 Å². The Balaban J connectivity index is 1.98. The molecule has 0 radical (unpaired) electrons. The molecule has 1 aromatic heterocycles. The van der Waals surface area contributed by atoms with Gasteiger partial charge in [0.05, 0.1) is 12.2 Å². The minimum atomic E-state index is -0.149. The number of nitrogens with one attached hydrogen (secondary N) is 1. The summed E-state index contributed by atoms with van der Waals surface area (Å²) in [6, 6.07) is -0.0549. The average molecular weight is 191 g/mol. The molecular formula is C9H9N3O2. The smallest absolute Gasteiger partial charge is 0.318 e. The van der Waals surface area contributed by atoms with Crippen molar-refractivity contribution in [1.82, 2.24) is 15.2 Å². The predicted octanol–water partition coefficient (Wildman–Crippen LogP) is 0.679. The van der Waals surface area contributed by atoms with Gasteiger partial charge >= 0.3 is 6.03 Å². The maximum atomic E-state index is 11.5. The highest BCUT2D eigenvalue weighted by Crippen LogP contribution is 2.28. The number of carbonyl (C=O) groups excluding carboxylic acids is 1. The zero-order chi connectivity index (χ0) is 9.54. The first-order chi connectivity index (χ1) is 6.84. The summed E-state index contributed by atoms with van der Waals surface area (Å²) in [5.41, 5.74) is 0. The van der Waals surface area contributed by atoms with E-state index in [0.29, 0.717) is 12.4 Å². The van der Waals surface area contributed by atoms with Crippen LogP contribution in [0.3, 0.4) is 0 Å². The van der Waals surface area contributed by atoms with E-state index in [0.717, 1.165) is 0 Å². The lowest BCUT2D eigenvalue weighted by molar-refractivity contribution is 0.199. The molecule has 14 heavy (non-hydrogen) atoms. The van der Waals surface area contributed by atoms with Gasteiger partial charge < -0.3 is 14.6 Å². The van der Waals surface area contributed by atoms with E-state index in [1.165, 1.54) is 6.26 Å². The predicted molar refractivity (Wildman–Crippen MR) is 47.4 cm³/mol. The number of urea groups is 1. The lowest BCUT2D eigenvalue weighted by Gasteiger charge is -2.23. The number of hydrogen-bond acceptors (Lipinski definition) is 3. The van der Waals surface area contributed by atoms with Crippen molar-refractivity contribution in [3.05, 3.63) is 30.5 Å². The van der Waals surface area contributed by atoms with Crippen LogP contribution in [0.25, 0.3) is 0 Å². The SMILES string of the molecule is O=C1NC2C=CC(c3ncco3)N1C2. The molecule has 0 saturated carbocycles. The van der Waals surface area contributed by atoms with Crippen molar-refractivity contribution in [3.63, 3.8) is 0 Å². The molecule has 3 rings (SSSR count). The molecule has 0 spiro atoms. The van der Waals surface area contributed by atoms with Crippen LogP contribution in [0.4, 0.5) is 4.79 Å². The van der Waals surface area contributed by atoms with Crippen LogP contribution >= 0.6 is 0 Å². The fraction of sp³-hybridized carbons (Fsp3) is 0.333. The Kier molecular flexibility index (Phi) is 1.41. The zero-order valence-corrected chi connectivity index (χ0v) is 7.38. The maximum Gasteiger partial charge on any atom is 0.318 e. The summed E-state index contributed by atoms with van der Waals surface area (Å²) in [5.74, 6) is 0.566. The summed E-state index contributed by atoms with van der Waals surface area (Å²) in [4.78, 5) is 17.2. The van der Waals surface area contributed by atoms with Crippen LogP contribution in [0.2, 0.25) is 0 Å². The van der Waals surface area contributed by atoms with E-state index in [2.05, 4.69) is 10.3 Å². The molecule has 72 valence electrons. The number of rotatable bonds is 1. The maximum absolute atomic E-state index is 11.5. The minimum absolute atomic E-state index is 0.0526. The number of carbonyl (C=O) groups is 1. The van der Waals surface area contributed by atoms with Gasteiger partial charge in [0, 0.05) is 6.54 Å². The molecule has 0 aromatic carbocycles. The van der Waals surface area contributed by atoms with E-state index in [-0.39, 0.29) is 18.1 Å². The molecule has 2 unspecified atom stereocenters. The highest BCUT2D eigenvalue weighted by molar-refractivity contribution is 5.78. The Hall–Kier alpha value is -1.78. The third kappa shape index (κ3) is 0.951. The number of hydrogen-bond donors (Lipinski definition) is 1.